The molecule has 10 rings (SSSR count). The molecular formula is C47H29N5. The first-order valence-electron chi connectivity index (χ1n) is 17.4. The molecule has 52 heavy (non-hydrogen) atoms. The molecule has 7 aromatic carbocycles. The number of benzene rings is 7. The molecule has 0 saturated carbocycles. The van der Waals surface area contributed by atoms with Crippen molar-refractivity contribution < 1.29 is 0 Å². The van der Waals surface area contributed by atoms with Crippen LogP contribution in [0.1, 0.15) is 27.8 Å². The highest BCUT2D eigenvalue weighted by molar-refractivity contribution is 5.96. The van der Waals surface area contributed by atoms with E-state index in [4.69, 9.17) is 15.0 Å². The van der Waals surface area contributed by atoms with E-state index in [9.17, 15) is 5.26 Å². The summed E-state index contributed by atoms with van der Waals surface area (Å²) < 4.78 is 0. The average molecular weight is 664 g/mol. The Kier molecular flexibility index (Phi) is 6.70. The quantitative estimate of drug-likeness (QED) is 0.187. The summed E-state index contributed by atoms with van der Waals surface area (Å²) in [5.74, 6) is 1.71. The summed E-state index contributed by atoms with van der Waals surface area (Å²) >= 11 is 0. The third kappa shape index (κ3) is 4.31. The molecule has 1 spiro atoms. The maximum atomic E-state index is 10.6. The van der Waals surface area contributed by atoms with Crippen molar-refractivity contribution in [2.45, 2.75) is 5.41 Å². The number of nitriles is 1. The predicted molar refractivity (Wildman–Crippen MR) is 206 cm³/mol. The van der Waals surface area contributed by atoms with E-state index in [0.717, 1.165) is 33.8 Å². The number of hydrogen-bond acceptors (Lipinski definition) is 5. The van der Waals surface area contributed by atoms with Crippen LogP contribution in [0.25, 0.3) is 45.3 Å². The highest BCUT2D eigenvalue weighted by atomic mass is 15.2. The summed E-state index contributed by atoms with van der Waals surface area (Å²) in [5.41, 5.74) is 12.8. The lowest BCUT2D eigenvalue weighted by Crippen LogP contribution is -2.36. The third-order valence-electron chi connectivity index (χ3n) is 10.4. The zero-order valence-electron chi connectivity index (χ0n) is 28.0. The lowest BCUT2D eigenvalue weighted by molar-refractivity contribution is 0.752. The molecule has 242 valence electrons. The van der Waals surface area contributed by atoms with Crippen LogP contribution in [0.4, 0.5) is 17.1 Å². The van der Waals surface area contributed by atoms with Gasteiger partial charge in [-0.3, -0.25) is 0 Å². The first-order valence-corrected chi connectivity index (χ1v) is 17.4. The molecule has 1 aromatic heterocycles. The number of hydrogen-bond donors (Lipinski definition) is 0. The van der Waals surface area contributed by atoms with Gasteiger partial charge in [0.15, 0.2) is 17.5 Å². The highest BCUT2D eigenvalue weighted by Crippen LogP contribution is 2.63. The maximum absolute atomic E-state index is 10.6. The fourth-order valence-corrected chi connectivity index (χ4v) is 8.21. The van der Waals surface area contributed by atoms with Crippen LogP contribution in [-0.4, -0.2) is 15.0 Å². The largest absolute Gasteiger partial charge is 0.308 e. The van der Waals surface area contributed by atoms with Gasteiger partial charge in [0.05, 0.1) is 28.0 Å². The fraction of sp³-hybridized carbons (Fsp3) is 0.0213. The Labute approximate surface area is 301 Å². The third-order valence-corrected chi connectivity index (χ3v) is 10.4. The van der Waals surface area contributed by atoms with E-state index in [1.165, 1.54) is 33.4 Å². The Morgan fingerprint density at radius 2 is 0.827 bits per heavy atom. The first-order chi connectivity index (χ1) is 25.8. The minimum absolute atomic E-state index is 0.534. The summed E-state index contributed by atoms with van der Waals surface area (Å²) in [6.45, 7) is 0. The normalized spacial score (nSPS) is 13.1. The van der Waals surface area contributed by atoms with Crippen LogP contribution in [0, 0.1) is 11.3 Å². The van der Waals surface area contributed by atoms with Crippen LogP contribution in [-0.2, 0) is 5.41 Å². The second kappa shape index (κ2) is 11.7. The van der Waals surface area contributed by atoms with Crippen molar-refractivity contribution in [1.29, 1.82) is 5.26 Å². The summed E-state index contributed by atoms with van der Waals surface area (Å²) in [6, 6.07) is 63.1. The zero-order chi connectivity index (χ0) is 34.6. The van der Waals surface area contributed by atoms with E-state index in [2.05, 4.69) is 114 Å². The van der Waals surface area contributed by atoms with Gasteiger partial charge < -0.3 is 4.90 Å². The van der Waals surface area contributed by atoms with Gasteiger partial charge in [-0.2, -0.15) is 5.26 Å². The van der Waals surface area contributed by atoms with E-state index in [-0.39, 0.29) is 0 Å². The number of para-hydroxylation sites is 2. The van der Waals surface area contributed by atoms with Gasteiger partial charge in [0, 0.05) is 16.7 Å². The molecule has 0 N–H and O–H groups in total. The minimum Gasteiger partial charge on any atom is -0.308 e. The Bertz CT molecular complexity index is 2560. The van der Waals surface area contributed by atoms with Gasteiger partial charge in [0.25, 0.3) is 0 Å². The van der Waals surface area contributed by atoms with Gasteiger partial charge in [-0.25, -0.2) is 15.0 Å². The molecule has 0 amide bonds. The molecule has 5 heteroatoms. The van der Waals surface area contributed by atoms with Crippen LogP contribution in [0.5, 0.6) is 0 Å². The van der Waals surface area contributed by atoms with Crippen LogP contribution < -0.4 is 4.90 Å². The van der Waals surface area contributed by atoms with Gasteiger partial charge >= 0.3 is 0 Å². The van der Waals surface area contributed by atoms with E-state index >= 15 is 0 Å². The van der Waals surface area contributed by atoms with Gasteiger partial charge in [-0.05, 0) is 63.7 Å². The molecule has 1 aliphatic heterocycles. The summed E-state index contributed by atoms with van der Waals surface area (Å²) in [5, 5.41) is 10.6. The standard InChI is InChI=1S/C47H29N5/c48-30-34-28-27-33(46-50-44(31-15-3-1-4-16-31)49-45(51-46)32-17-5-2-6-18-32)29-43(34)52-41-25-13-11-23-39(41)47(40-24-12-14-26-42(40)52)37-21-9-7-19-35(37)36-20-8-10-22-38(36)47/h1-29H. The molecule has 0 unspecified atom stereocenters. The van der Waals surface area contributed by atoms with Crippen LogP contribution in [0.3, 0.4) is 0 Å². The lowest BCUT2D eigenvalue weighted by atomic mass is 9.64. The number of rotatable bonds is 4. The average Bonchev–Trinajstić information content (AvgIpc) is 3.52. The van der Waals surface area contributed by atoms with Crippen molar-refractivity contribution in [3.8, 4) is 51.4 Å². The van der Waals surface area contributed by atoms with Gasteiger partial charge in [0.2, 0.25) is 0 Å². The second-order valence-electron chi connectivity index (χ2n) is 13.1. The Morgan fingerprint density at radius 1 is 0.404 bits per heavy atom. The fourth-order valence-electron chi connectivity index (χ4n) is 8.21. The van der Waals surface area contributed by atoms with Crippen LogP contribution in [0.2, 0.25) is 0 Å². The lowest BCUT2D eigenvalue weighted by Gasteiger charge is -2.45. The molecule has 0 saturated heterocycles. The monoisotopic (exact) mass is 663 g/mol. The van der Waals surface area contributed by atoms with E-state index in [1.807, 2.05) is 72.8 Å². The minimum atomic E-state index is -0.537. The molecular weight excluding hydrogens is 635 g/mol. The molecule has 0 atom stereocenters. The SMILES string of the molecule is N#Cc1ccc(-c2nc(-c3ccccc3)nc(-c3ccccc3)n2)cc1N1c2ccccc2C2(c3ccccc3-c3ccccc32)c2ccccc21. The molecule has 2 heterocycles. The van der Waals surface area contributed by atoms with E-state index in [1.54, 1.807) is 0 Å². The molecule has 2 aliphatic rings. The molecule has 8 aromatic rings. The van der Waals surface area contributed by atoms with Crippen molar-refractivity contribution in [2.75, 3.05) is 4.90 Å². The maximum Gasteiger partial charge on any atom is 0.164 e. The van der Waals surface area contributed by atoms with Crippen molar-refractivity contribution in [2.24, 2.45) is 0 Å². The number of anilines is 3. The molecule has 0 radical (unpaired) electrons. The molecule has 5 nitrogen and oxygen atoms in total. The predicted octanol–water partition coefficient (Wildman–Crippen LogP) is 10.9. The highest BCUT2D eigenvalue weighted by Gasteiger charge is 2.51. The topological polar surface area (TPSA) is 65.7 Å². The van der Waals surface area contributed by atoms with Crippen molar-refractivity contribution in [3.63, 3.8) is 0 Å². The number of fused-ring (bicyclic) bond motifs is 9. The summed E-state index contributed by atoms with van der Waals surface area (Å²) in [7, 11) is 0. The van der Waals surface area contributed by atoms with Crippen LogP contribution >= 0.6 is 0 Å². The number of nitrogens with zero attached hydrogens (tertiary/aromatic N) is 5. The van der Waals surface area contributed by atoms with Crippen molar-refractivity contribution in [3.05, 3.63) is 204 Å². The zero-order valence-corrected chi connectivity index (χ0v) is 28.0. The van der Waals surface area contributed by atoms with E-state index < -0.39 is 5.41 Å². The molecule has 1 aliphatic carbocycles. The smallest absolute Gasteiger partial charge is 0.164 e. The summed E-state index contributed by atoms with van der Waals surface area (Å²) in [4.78, 5) is 17.2. The number of aromatic nitrogens is 3. The van der Waals surface area contributed by atoms with Crippen LogP contribution in [0.15, 0.2) is 176 Å². The Morgan fingerprint density at radius 3 is 1.33 bits per heavy atom. The van der Waals surface area contributed by atoms with Crippen molar-refractivity contribution in [1.82, 2.24) is 15.0 Å². The van der Waals surface area contributed by atoms with Gasteiger partial charge in [-0.1, -0.05) is 146 Å². The Hall–Kier alpha value is -7.16. The first kappa shape index (κ1) is 29.7. The van der Waals surface area contributed by atoms with Crippen molar-refractivity contribution >= 4 is 17.1 Å². The van der Waals surface area contributed by atoms with Gasteiger partial charge in [-0.15, -0.1) is 0 Å². The molecule has 0 fully saturated rings. The molecule has 0 bridgehead atoms. The Balaban J connectivity index is 1.22. The van der Waals surface area contributed by atoms with Gasteiger partial charge in [0.1, 0.15) is 6.07 Å². The van der Waals surface area contributed by atoms with E-state index in [0.29, 0.717) is 23.0 Å². The summed E-state index contributed by atoms with van der Waals surface area (Å²) in [6.07, 6.45) is 0. The second-order valence-corrected chi connectivity index (χ2v) is 13.1.